The van der Waals surface area contributed by atoms with Crippen molar-refractivity contribution in [2.45, 2.75) is 13.8 Å². The van der Waals surface area contributed by atoms with Gasteiger partial charge in [-0.15, -0.1) is 0 Å². The van der Waals surface area contributed by atoms with E-state index in [2.05, 4.69) is 123 Å². The third-order valence-corrected chi connectivity index (χ3v) is 6.61. The molecule has 0 spiro atoms. The van der Waals surface area contributed by atoms with E-state index < -0.39 is 0 Å². The number of benzene rings is 6. The molecule has 0 aliphatic rings. The SMILES string of the molecule is Cc1ccc(-c2ccc3c4ccc(-c5ccc(C)cc5)cc4c4ccccc4c3c2)cc1. The van der Waals surface area contributed by atoms with E-state index in [-0.39, 0.29) is 0 Å². The molecule has 152 valence electrons. The number of fused-ring (bicyclic) bond motifs is 6. The van der Waals surface area contributed by atoms with E-state index in [4.69, 9.17) is 0 Å². The fourth-order valence-corrected chi connectivity index (χ4v) is 4.81. The third kappa shape index (κ3) is 3.08. The molecule has 0 radical (unpaired) electrons. The highest BCUT2D eigenvalue weighted by Gasteiger charge is 2.11. The molecule has 0 atom stereocenters. The quantitative estimate of drug-likeness (QED) is 0.251. The van der Waals surface area contributed by atoms with Gasteiger partial charge in [0.15, 0.2) is 0 Å². The van der Waals surface area contributed by atoms with Gasteiger partial charge in [-0.25, -0.2) is 0 Å². The molecular formula is C32H24. The lowest BCUT2D eigenvalue weighted by Crippen LogP contribution is -1.86. The van der Waals surface area contributed by atoms with Crippen molar-refractivity contribution in [1.29, 1.82) is 0 Å². The number of hydrogen-bond donors (Lipinski definition) is 0. The summed E-state index contributed by atoms with van der Waals surface area (Å²) in [6, 6.07) is 40.2. The van der Waals surface area contributed by atoms with Gasteiger partial charge in [-0.05, 0) is 80.6 Å². The molecule has 0 saturated carbocycles. The molecule has 0 aliphatic carbocycles. The first-order valence-electron chi connectivity index (χ1n) is 11.2. The number of hydrogen-bond acceptors (Lipinski definition) is 0. The predicted molar refractivity (Wildman–Crippen MR) is 139 cm³/mol. The van der Waals surface area contributed by atoms with Gasteiger partial charge in [0.25, 0.3) is 0 Å². The Bertz CT molecular complexity index is 1460. The van der Waals surface area contributed by atoms with Gasteiger partial charge in [-0.3, -0.25) is 0 Å². The summed E-state index contributed by atoms with van der Waals surface area (Å²) in [5.41, 5.74) is 7.62. The summed E-state index contributed by atoms with van der Waals surface area (Å²) in [5, 5.41) is 7.87. The lowest BCUT2D eigenvalue weighted by molar-refractivity contribution is 1.47. The van der Waals surface area contributed by atoms with E-state index in [1.165, 1.54) is 65.7 Å². The van der Waals surface area contributed by atoms with Crippen LogP contribution in [-0.2, 0) is 0 Å². The summed E-state index contributed by atoms with van der Waals surface area (Å²) in [6.45, 7) is 4.27. The second-order valence-electron chi connectivity index (χ2n) is 8.80. The minimum Gasteiger partial charge on any atom is -0.0616 e. The van der Waals surface area contributed by atoms with Crippen LogP contribution in [0.15, 0.2) is 109 Å². The molecule has 32 heavy (non-hydrogen) atoms. The Hall–Kier alpha value is -3.90. The summed E-state index contributed by atoms with van der Waals surface area (Å²) in [7, 11) is 0. The molecule has 0 nitrogen and oxygen atoms in total. The minimum absolute atomic E-state index is 1.26. The highest BCUT2D eigenvalue weighted by Crippen LogP contribution is 2.38. The maximum atomic E-state index is 2.36. The maximum Gasteiger partial charge on any atom is -0.00928 e. The minimum atomic E-state index is 1.26. The molecule has 6 aromatic carbocycles. The van der Waals surface area contributed by atoms with Crippen LogP contribution >= 0.6 is 0 Å². The van der Waals surface area contributed by atoms with Crippen molar-refractivity contribution >= 4 is 32.3 Å². The van der Waals surface area contributed by atoms with Crippen molar-refractivity contribution in [3.05, 3.63) is 120 Å². The van der Waals surface area contributed by atoms with E-state index in [9.17, 15) is 0 Å². The lowest BCUT2D eigenvalue weighted by atomic mass is 9.90. The fourth-order valence-electron chi connectivity index (χ4n) is 4.81. The Morgan fingerprint density at radius 3 is 1.06 bits per heavy atom. The molecule has 0 saturated heterocycles. The highest BCUT2D eigenvalue weighted by molar-refractivity contribution is 6.26. The zero-order valence-corrected chi connectivity index (χ0v) is 18.4. The van der Waals surface area contributed by atoms with Crippen LogP contribution in [0.25, 0.3) is 54.6 Å². The Kier molecular flexibility index (Phi) is 4.33. The Morgan fingerprint density at radius 2 is 0.656 bits per heavy atom. The van der Waals surface area contributed by atoms with Crippen molar-refractivity contribution in [3.63, 3.8) is 0 Å². The molecule has 0 bridgehead atoms. The third-order valence-electron chi connectivity index (χ3n) is 6.61. The van der Waals surface area contributed by atoms with Gasteiger partial charge in [0.1, 0.15) is 0 Å². The second kappa shape index (κ2) is 7.35. The van der Waals surface area contributed by atoms with Gasteiger partial charge in [-0.1, -0.05) is 108 Å². The summed E-state index contributed by atoms with van der Waals surface area (Å²) >= 11 is 0. The molecule has 0 heteroatoms. The Morgan fingerprint density at radius 1 is 0.312 bits per heavy atom. The average molecular weight is 409 g/mol. The second-order valence-corrected chi connectivity index (χ2v) is 8.80. The van der Waals surface area contributed by atoms with E-state index in [0.717, 1.165) is 0 Å². The van der Waals surface area contributed by atoms with Gasteiger partial charge in [0, 0.05) is 0 Å². The fraction of sp³-hybridized carbons (Fsp3) is 0.0625. The molecule has 0 N–H and O–H groups in total. The highest BCUT2D eigenvalue weighted by atomic mass is 14.1. The first-order chi connectivity index (χ1) is 15.7. The van der Waals surface area contributed by atoms with Crippen LogP contribution in [0, 0.1) is 13.8 Å². The van der Waals surface area contributed by atoms with Crippen molar-refractivity contribution in [1.82, 2.24) is 0 Å². The van der Waals surface area contributed by atoms with Crippen LogP contribution in [0.5, 0.6) is 0 Å². The van der Waals surface area contributed by atoms with Gasteiger partial charge >= 0.3 is 0 Å². The van der Waals surface area contributed by atoms with Gasteiger partial charge in [0.2, 0.25) is 0 Å². The topological polar surface area (TPSA) is 0 Å². The molecule has 0 aliphatic heterocycles. The van der Waals surface area contributed by atoms with Crippen molar-refractivity contribution < 1.29 is 0 Å². The summed E-state index contributed by atoms with van der Waals surface area (Å²) in [5.74, 6) is 0. The molecular weight excluding hydrogens is 384 g/mol. The monoisotopic (exact) mass is 408 g/mol. The van der Waals surface area contributed by atoms with Crippen molar-refractivity contribution in [2.75, 3.05) is 0 Å². The molecule has 6 rings (SSSR count). The van der Waals surface area contributed by atoms with E-state index in [1.807, 2.05) is 0 Å². The molecule has 6 aromatic rings. The van der Waals surface area contributed by atoms with Crippen LogP contribution in [0.3, 0.4) is 0 Å². The molecule has 0 aromatic heterocycles. The van der Waals surface area contributed by atoms with E-state index in [0.29, 0.717) is 0 Å². The predicted octanol–water partition coefficient (Wildman–Crippen LogP) is 9.10. The summed E-state index contributed by atoms with van der Waals surface area (Å²) in [4.78, 5) is 0. The van der Waals surface area contributed by atoms with Crippen LogP contribution < -0.4 is 0 Å². The average Bonchev–Trinajstić information content (AvgIpc) is 2.84. The van der Waals surface area contributed by atoms with E-state index in [1.54, 1.807) is 0 Å². The zero-order valence-electron chi connectivity index (χ0n) is 18.4. The van der Waals surface area contributed by atoms with Gasteiger partial charge in [0.05, 0.1) is 0 Å². The number of rotatable bonds is 2. The van der Waals surface area contributed by atoms with Crippen LogP contribution in [-0.4, -0.2) is 0 Å². The first kappa shape index (κ1) is 18.8. The first-order valence-corrected chi connectivity index (χ1v) is 11.2. The van der Waals surface area contributed by atoms with Crippen molar-refractivity contribution in [3.8, 4) is 22.3 Å². The summed E-state index contributed by atoms with van der Waals surface area (Å²) in [6.07, 6.45) is 0. The summed E-state index contributed by atoms with van der Waals surface area (Å²) < 4.78 is 0. The molecule has 0 unspecified atom stereocenters. The molecule has 0 amide bonds. The smallest absolute Gasteiger partial charge is 0.00928 e. The van der Waals surface area contributed by atoms with Crippen LogP contribution in [0.4, 0.5) is 0 Å². The van der Waals surface area contributed by atoms with Gasteiger partial charge in [-0.2, -0.15) is 0 Å². The van der Waals surface area contributed by atoms with E-state index >= 15 is 0 Å². The standard InChI is InChI=1S/C32H24/c1-21-7-11-23(12-8-21)25-15-17-29-30-18-16-26(24-13-9-22(2)10-14-24)20-32(30)28-6-4-3-5-27(28)31(29)19-25/h3-20H,1-2H3. The Labute approximate surface area is 188 Å². The number of aryl methyl sites for hydroxylation is 2. The zero-order chi connectivity index (χ0) is 21.7. The van der Waals surface area contributed by atoms with Crippen LogP contribution in [0.1, 0.15) is 11.1 Å². The van der Waals surface area contributed by atoms with Crippen molar-refractivity contribution in [2.24, 2.45) is 0 Å². The van der Waals surface area contributed by atoms with Gasteiger partial charge < -0.3 is 0 Å². The largest absolute Gasteiger partial charge is 0.0616 e. The normalized spacial score (nSPS) is 11.4. The Balaban J connectivity index is 1.64. The molecule has 0 fully saturated rings. The molecule has 0 heterocycles. The lowest BCUT2D eigenvalue weighted by Gasteiger charge is -2.13. The van der Waals surface area contributed by atoms with Crippen LogP contribution in [0.2, 0.25) is 0 Å². The maximum absolute atomic E-state index is 2.36.